The van der Waals surface area contributed by atoms with Crippen molar-refractivity contribution in [3.8, 4) is 0 Å². The van der Waals surface area contributed by atoms with E-state index in [0.29, 0.717) is 19.3 Å². The number of aliphatic hydroxyl groups is 1. The van der Waals surface area contributed by atoms with Crippen molar-refractivity contribution in [3.63, 3.8) is 0 Å². The lowest BCUT2D eigenvalue weighted by Gasteiger charge is -2.14. The topological polar surface area (TPSA) is 41.5 Å². The maximum absolute atomic E-state index is 8.54. The highest BCUT2D eigenvalue weighted by Gasteiger charge is 2.03. The predicted molar refractivity (Wildman–Crippen MR) is 65.5 cm³/mol. The Bertz CT molecular complexity index is 302. The molecule has 0 saturated heterocycles. The molecule has 0 aliphatic carbocycles. The third-order valence-electron chi connectivity index (χ3n) is 2.47. The highest BCUT2D eigenvalue weighted by atomic mass is 16.5. The Morgan fingerprint density at radius 1 is 1.38 bits per heavy atom. The smallest absolute Gasteiger partial charge is 0.0698 e. The number of rotatable bonds is 7. The number of aryl methyl sites for hydroxylation is 1. The van der Waals surface area contributed by atoms with Gasteiger partial charge in [0.2, 0.25) is 0 Å². The lowest BCUT2D eigenvalue weighted by molar-refractivity contribution is 0.0928. The first-order chi connectivity index (χ1) is 7.74. The Kier molecular flexibility index (Phi) is 6.08. The fourth-order valence-corrected chi connectivity index (χ4v) is 1.57. The van der Waals surface area contributed by atoms with Gasteiger partial charge >= 0.3 is 0 Å². The highest BCUT2D eigenvalue weighted by molar-refractivity contribution is 5.24. The predicted octanol–water partition coefficient (Wildman–Crippen LogP) is 1.65. The quantitative estimate of drug-likeness (QED) is 0.691. The molecule has 0 fully saturated rings. The Morgan fingerprint density at radius 3 is 2.88 bits per heavy atom. The van der Waals surface area contributed by atoms with Gasteiger partial charge in [-0.2, -0.15) is 0 Å². The Morgan fingerprint density at radius 2 is 2.19 bits per heavy atom. The second kappa shape index (κ2) is 7.39. The van der Waals surface area contributed by atoms with E-state index in [-0.39, 0.29) is 6.61 Å². The van der Waals surface area contributed by atoms with Crippen molar-refractivity contribution in [2.75, 3.05) is 26.4 Å². The molecular formula is C13H21NO2. The van der Waals surface area contributed by atoms with Gasteiger partial charge in [-0.15, -0.1) is 0 Å². The second-order valence-corrected chi connectivity index (χ2v) is 3.93. The molecule has 90 valence electrons. The van der Waals surface area contributed by atoms with E-state index in [1.165, 1.54) is 11.1 Å². The Balaban J connectivity index is 2.27. The van der Waals surface area contributed by atoms with Gasteiger partial charge in [-0.3, -0.25) is 0 Å². The van der Waals surface area contributed by atoms with Crippen molar-refractivity contribution in [1.82, 2.24) is 5.32 Å². The normalized spacial score (nSPS) is 12.7. The average molecular weight is 223 g/mol. The Hall–Kier alpha value is -0.900. The van der Waals surface area contributed by atoms with Crippen LogP contribution in [0.2, 0.25) is 0 Å². The van der Waals surface area contributed by atoms with E-state index in [1.54, 1.807) is 0 Å². The van der Waals surface area contributed by atoms with Gasteiger partial charge in [0.1, 0.15) is 0 Å². The molecule has 2 N–H and O–H groups in total. The number of ether oxygens (including phenoxy) is 1. The van der Waals surface area contributed by atoms with Crippen molar-refractivity contribution in [1.29, 1.82) is 0 Å². The van der Waals surface area contributed by atoms with Crippen LogP contribution in [0.3, 0.4) is 0 Å². The molecule has 0 amide bonds. The lowest BCUT2D eigenvalue weighted by atomic mass is 10.1. The molecule has 1 unspecified atom stereocenters. The molecule has 16 heavy (non-hydrogen) atoms. The van der Waals surface area contributed by atoms with Crippen molar-refractivity contribution in [3.05, 3.63) is 35.4 Å². The van der Waals surface area contributed by atoms with Crippen LogP contribution in [0.15, 0.2) is 24.3 Å². The first-order valence-corrected chi connectivity index (χ1v) is 5.72. The molecular weight excluding hydrogens is 202 g/mol. The van der Waals surface area contributed by atoms with E-state index in [0.717, 1.165) is 6.54 Å². The third kappa shape index (κ3) is 4.75. The van der Waals surface area contributed by atoms with Crippen LogP contribution in [0.5, 0.6) is 0 Å². The van der Waals surface area contributed by atoms with Gasteiger partial charge in [-0.05, 0) is 19.4 Å². The van der Waals surface area contributed by atoms with E-state index in [1.807, 2.05) is 0 Å². The first kappa shape index (κ1) is 13.2. The minimum absolute atomic E-state index is 0.0907. The molecule has 1 atom stereocenters. The van der Waals surface area contributed by atoms with Gasteiger partial charge < -0.3 is 15.2 Å². The summed E-state index contributed by atoms with van der Waals surface area (Å²) in [7, 11) is 0. The lowest BCUT2D eigenvalue weighted by Crippen LogP contribution is -2.23. The van der Waals surface area contributed by atoms with Crippen molar-refractivity contribution in [2.24, 2.45) is 0 Å². The number of aliphatic hydroxyl groups excluding tert-OH is 1. The summed E-state index contributed by atoms with van der Waals surface area (Å²) in [5, 5.41) is 11.9. The summed E-state index contributed by atoms with van der Waals surface area (Å²) in [4.78, 5) is 0. The summed E-state index contributed by atoms with van der Waals surface area (Å²) in [6.45, 7) is 6.18. The largest absolute Gasteiger partial charge is 0.394 e. The van der Waals surface area contributed by atoms with Gasteiger partial charge in [0.15, 0.2) is 0 Å². The molecule has 1 aromatic rings. The van der Waals surface area contributed by atoms with Crippen LogP contribution < -0.4 is 5.32 Å². The van der Waals surface area contributed by atoms with E-state index in [9.17, 15) is 0 Å². The molecule has 1 aromatic carbocycles. The minimum atomic E-state index is 0.0907. The second-order valence-electron chi connectivity index (χ2n) is 3.93. The van der Waals surface area contributed by atoms with E-state index >= 15 is 0 Å². The van der Waals surface area contributed by atoms with E-state index < -0.39 is 0 Å². The zero-order valence-electron chi connectivity index (χ0n) is 10.1. The molecule has 0 bridgehead atoms. The van der Waals surface area contributed by atoms with Crippen molar-refractivity contribution >= 4 is 0 Å². The molecule has 0 aromatic heterocycles. The van der Waals surface area contributed by atoms with Crippen LogP contribution in [0.25, 0.3) is 0 Å². The molecule has 0 heterocycles. The SMILES string of the molecule is Cc1cccc(C(C)NCCOCCO)c1. The summed E-state index contributed by atoms with van der Waals surface area (Å²) < 4.78 is 5.18. The third-order valence-corrected chi connectivity index (χ3v) is 2.47. The van der Waals surface area contributed by atoms with Gasteiger partial charge in [0.25, 0.3) is 0 Å². The average Bonchev–Trinajstić information content (AvgIpc) is 2.28. The van der Waals surface area contributed by atoms with Crippen LogP contribution in [-0.2, 0) is 4.74 Å². The fourth-order valence-electron chi connectivity index (χ4n) is 1.57. The number of nitrogens with one attached hydrogen (secondary N) is 1. The molecule has 3 nitrogen and oxygen atoms in total. The minimum Gasteiger partial charge on any atom is -0.394 e. The molecule has 1 rings (SSSR count). The maximum Gasteiger partial charge on any atom is 0.0698 e. The standard InChI is InChI=1S/C13H21NO2/c1-11-4-3-5-13(10-11)12(2)14-6-8-16-9-7-15/h3-5,10,12,14-15H,6-9H2,1-2H3. The van der Waals surface area contributed by atoms with Crippen LogP contribution in [0, 0.1) is 6.92 Å². The summed E-state index contributed by atoms with van der Waals surface area (Å²) in [5.74, 6) is 0. The maximum atomic E-state index is 8.54. The molecule has 0 aliphatic rings. The van der Waals surface area contributed by atoms with Gasteiger partial charge in [-0.1, -0.05) is 29.8 Å². The number of hydrogen-bond donors (Lipinski definition) is 2. The fraction of sp³-hybridized carbons (Fsp3) is 0.538. The monoisotopic (exact) mass is 223 g/mol. The van der Waals surface area contributed by atoms with Crippen LogP contribution in [0.4, 0.5) is 0 Å². The van der Waals surface area contributed by atoms with E-state index in [4.69, 9.17) is 9.84 Å². The molecule has 3 heteroatoms. The molecule has 0 radical (unpaired) electrons. The summed E-state index contributed by atoms with van der Waals surface area (Å²) in [6, 6.07) is 8.81. The summed E-state index contributed by atoms with van der Waals surface area (Å²) >= 11 is 0. The summed E-state index contributed by atoms with van der Waals surface area (Å²) in [5.41, 5.74) is 2.57. The van der Waals surface area contributed by atoms with Gasteiger partial charge in [0, 0.05) is 12.6 Å². The van der Waals surface area contributed by atoms with E-state index in [2.05, 4.69) is 43.4 Å². The molecule has 0 saturated carbocycles. The molecule has 0 aliphatic heterocycles. The first-order valence-electron chi connectivity index (χ1n) is 5.72. The molecule has 0 spiro atoms. The van der Waals surface area contributed by atoms with Crippen LogP contribution >= 0.6 is 0 Å². The number of benzene rings is 1. The van der Waals surface area contributed by atoms with Gasteiger partial charge in [-0.25, -0.2) is 0 Å². The van der Waals surface area contributed by atoms with Crippen LogP contribution in [0.1, 0.15) is 24.1 Å². The highest BCUT2D eigenvalue weighted by Crippen LogP contribution is 2.13. The summed E-state index contributed by atoms with van der Waals surface area (Å²) in [6.07, 6.45) is 0. The number of hydrogen-bond acceptors (Lipinski definition) is 3. The Labute approximate surface area is 97.4 Å². The zero-order chi connectivity index (χ0) is 11.8. The van der Waals surface area contributed by atoms with Gasteiger partial charge in [0.05, 0.1) is 19.8 Å². The zero-order valence-corrected chi connectivity index (χ0v) is 10.1. The van der Waals surface area contributed by atoms with Crippen molar-refractivity contribution < 1.29 is 9.84 Å². The van der Waals surface area contributed by atoms with Crippen LogP contribution in [-0.4, -0.2) is 31.5 Å². The van der Waals surface area contributed by atoms with Crippen molar-refractivity contribution in [2.45, 2.75) is 19.9 Å².